The van der Waals surface area contributed by atoms with Crippen LogP contribution in [0.25, 0.3) is 0 Å². The van der Waals surface area contributed by atoms with E-state index in [0.717, 1.165) is 13.1 Å². The van der Waals surface area contributed by atoms with Gasteiger partial charge in [-0.1, -0.05) is 27.7 Å². The Hall–Kier alpha value is -0.730. The van der Waals surface area contributed by atoms with Crippen LogP contribution >= 0.6 is 0 Å². The first-order valence-electron chi connectivity index (χ1n) is 5.19. The van der Waals surface area contributed by atoms with E-state index in [-0.39, 0.29) is 11.5 Å². The Kier molecular flexibility index (Phi) is 3.07. The lowest BCUT2D eigenvalue weighted by atomic mass is 9.76. The minimum absolute atomic E-state index is 0.191. The smallest absolute Gasteiger partial charge is 0.409 e. The first-order chi connectivity index (χ1) is 6.36. The Labute approximate surface area is 86.4 Å². The highest BCUT2D eigenvalue weighted by molar-refractivity contribution is 5.67. The molecule has 1 fully saturated rings. The molecule has 1 aliphatic rings. The highest BCUT2D eigenvalue weighted by atomic mass is 16.5. The lowest BCUT2D eigenvalue weighted by Crippen LogP contribution is -2.31. The maximum Gasteiger partial charge on any atom is 0.409 e. The predicted molar refractivity (Wildman–Crippen MR) is 56.1 cm³/mol. The lowest BCUT2D eigenvalue weighted by Gasteiger charge is -2.29. The number of nitrogens with zero attached hydrogens (tertiary/aromatic N) is 1. The Balaban J connectivity index is 2.65. The molecule has 3 nitrogen and oxygen atoms in total. The molecule has 0 N–H and O–H groups in total. The van der Waals surface area contributed by atoms with Crippen LogP contribution in [0.4, 0.5) is 4.79 Å². The molecule has 0 radical (unpaired) electrons. The van der Waals surface area contributed by atoms with Crippen LogP contribution in [0.3, 0.4) is 0 Å². The van der Waals surface area contributed by atoms with Crippen molar-refractivity contribution < 1.29 is 9.53 Å². The maximum atomic E-state index is 11.3. The first-order valence-corrected chi connectivity index (χ1v) is 5.19. The average molecular weight is 199 g/mol. The number of amides is 1. The molecule has 3 heteroatoms. The summed E-state index contributed by atoms with van der Waals surface area (Å²) in [4.78, 5) is 13.1. The van der Waals surface area contributed by atoms with Gasteiger partial charge in [-0.05, 0) is 17.3 Å². The van der Waals surface area contributed by atoms with Gasteiger partial charge in [-0.25, -0.2) is 4.79 Å². The van der Waals surface area contributed by atoms with Gasteiger partial charge in [0.05, 0.1) is 7.11 Å². The van der Waals surface area contributed by atoms with Crippen LogP contribution in [-0.2, 0) is 4.74 Å². The summed E-state index contributed by atoms with van der Waals surface area (Å²) in [6.07, 6.45) is -0.191. The van der Waals surface area contributed by atoms with Crippen molar-refractivity contribution in [2.45, 2.75) is 27.7 Å². The molecule has 1 rings (SSSR count). The van der Waals surface area contributed by atoms with Crippen molar-refractivity contribution in [1.82, 2.24) is 4.90 Å². The molecule has 2 unspecified atom stereocenters. The molecule has 14 heavy (non-hydrogen) atoms. The fourth-order valence-electron chi connectivity index (χ4n) is 2.37. The molecule has 0 aromatic heterocycles. The van der Waals surface area contributed by atoms with Crippen LogP contribution in [0, 0.1) is 17.3 Å². The second kappa shape index (κ2) is 3.79. The van der Waals surface area contributed by atoms with Crippen LogP contribution in [0.1, 0.15) is 27.7 Å². The minimum atomic E-state index is -0.191. The number of rotatable bonds is 0. The SMILES string of the molecule is COC(=O)N1CC(C)C(C(C)(C)C)C1. The van der Waals surface area contributed by atoms with Crippen molar-refractivity contribution >= 4 is 6.09 Å². The highest BCUT2D eigenvalue weighted by Gasteiger charge is 2.39. The van der Waals surface area contributed by atoms with E-state index in [2.05, 4.69) is 27.7 Å². The van der Waals surface area contributed by atoms with Crippen molar-refractivity contribution in [2.75, 3.05) is 20.2 Å². The van der Waals surface area contributed by atoms with Crippen molar-refractivity contribution in [1.29, 1.82) is 0 Å². The van der Waals surface area contributed by atoms with Crippen LogP contribution in [-0.4, -0.2) is 31.2 Å². The molecule has 0 bridgehead atoms. The van der Waals surface area contributed by atoms with E-state index >= 15 is 0 Å². The van der Waals surface area contributed by atoms with E-state index in [9.17, 15) is 4.79 Å². The number of hydrogen-bond acceptors (Lipinski definition) is 2. The van der Waals surface area contributed by atoms with E-state index in [1.165, 1.54) is 7.11 Å². The quantitative estimate of drug-likeness (QED) is 0.599. The summed E-state index contributed by atoms with van der Waals surface area (Å²) in [5.74, 6) is 1.13. The second-order valence-corrected chi connectivity index (χ2v) is 5.32. The monoisotopic (exact) mass is 199 g/mol. The predicted octanol–water partition coefficient (Wildman–Crippen LogP) is 2.37. The van der Waals surface area contributed by atoms with E-state index in [1.807, 2.05) is 0 Å². The van der Waals surface area contributed by atoms with Gasteiger partial charge >= 0.3 is 6.09 Å². The van der Waals surface area contributed by atoms with Crippen molar-refractivity contribution in [3.8, 4) is 0 Å². The fourth-order valence-corrected chi connectivity index (χ4v) is 2.37. The third-order valence-corrected chi connectivity index (χ3v) is 3.16. The topological polar surface area (TPSA) is 29.5 Å². The normalized spacial score (nSPS) is 27.9. The Morgan fingerprint density at radius 2 is 1.93 bits per heavy atom. The molecule has 1 heterocycles. The molecule has 1 saturated heterocycles. The molecule has 0 aromatic rings. The minimum Gasteiger partial charge on any atom is -0.453 e. The van der Waals surface area contributed by atoms with Gasteiger partial charge in [0.25, 0.3) is 0 Å². The third kappa shape index (κ3) is 2.20. The summed E-state index contributed by atoms with van der Waals surface area (Å²) in [7, 11) is 1.44. The number of carbonyl (C=O) groups excluding carboxylic acids is 1. The van der Waals surface area contributed by atoms with E-state index in [1.54, 1.807) is 4.90 Å². The van der Waals surface area contributed by atoms with Gasteiger partial charge in [0, 0.05) is 13.1 Å². The number of ether oxygens (including phenoxy) is 1. The average Bonchev–Trinajstić information content (AvgIpc) is 2.45. The van der Waals surface area contributed by atoms with Crippen molar-refractivity contribution in [3.63, 3.8) is 0 Å². The molecular weight excluding hydrogens is 178 g/mol. The van der Waals surface area contributed by atoms with Gasteiger partial charge in [0.1, 0.15) is 0 Å². The Bertz CT molecular complexity index is 220. The molecule has 82 valence electrons. The maximum absolute atomic E-state index is 11.3. The van der Waals surface area contributed by atoms with Gasteiger partial charge in [-0.15, -0.1) is 0 Å². The van der Waals surface area contributed by atoms with E-state index in [0.29, 0.717) is 11.8 Å². The summed E-state index contributed by atoms with van der Waals surface area (Å²) >= 11 is 0. The number of carbonyl (C=O) groups is 1. The Morgan fingerprint density at radius 3 is 2.29 bits per heavy atom. The summed E-state index contributed by atoms with van der Waals surface area (Å²) in [5.41, 5.74) is 0.266. The van der Waals surface area contributed by atoms with Gasteiger partial charge in [0.2, 0.25) is 0 Å². The zero-order valence-corrected chi connectivity index (χ0v) is 9.83. The van der Waals surface area contributed by atoms with E-state index < -0.39 is 0 Å². The third-order valence-electron chi connectivity index (χ3n) is 3.16. The molecule has 2 atom stereocenters. The van der Waals surface area contributed by atoms with Crippen LogP contribution < -0.4 is 0 Å². The van der Waals surface area contributed by atoms with Crippen LogP contribution in [0.15, 0.2) is 0 Å². The summed E-state index contributed by atoms with van der Waals surface area (Å²) in [6, 6.07) is 0. The summed E-state index contributed by atoms with van der Waals surface area (Å²) in [5, 5.41) is 0. The molecule has 0 spiro atoms. The number of likely N-dealkylation sites (tertiary alicyclic amines) is 1. The zero-order chi connectivity index (χ0) is 10.9. The van der Waals surface area contributed by atoms with Crippen molar-refractivity contribution in [3.05, 3.63) is 0 Å². The number of methoxy groups -OCH3 is 1. The second-order valence-electron chi connectivity index (χ2n) is 5.32. The first kappa shape index (κ1) is 11.3. The molecule has 1 amide bonds. The fraction of sp³-hybridized carbons (Fsp3) is 0.909. The molecule has 0 aromatic carbocycles. The Morgan fingerprint density at radius 1 is 1.36 bits per heavy atom. The van der Waals surface area contributed by atoms with Gasteiger partial charge in [-0.3, -0.25) is 0 Å². The summed E-state index contributed by atoms with van der Waals surface area (Å²) < 4.78 is 4.73. The largest absolute Gasteiger partial charge is 0.453 e. The molecule has 1 aliphatic heterocycles. The standard InChI is InChI=1S/C11H21NO2/c1-8-6-12(10(13)14-5)7-9(8)11(2,3)4/h8-9H,6-7H2,1-5H3. The summed E-state index contributed by atoms with van der Waals surface area (Å²) in [6.45, 7) is 10.6. The molecular formula is C11H21NO2. The zero-order valence-electron chi connectivity index (χ0n) is 9.83. The molecule has 0 aliphatic carbocycles. The van der Waals surface area contributed by atoms with Gasteiger partial charge in [-0.2, -0.15) is 0 Å². The van der Waals surface area contributed by atoms with Crippen LogP contribution in [0.5, 0.6) is 0 Å². The van der Waals surface area contributed by atoms with Crippen LogP contribution in [0.2, 0.25) is 0 Å². The van der Waals surface area contributed by atoms with Crippen molar-refractivity contribution in [2.24, 2.45) is 17.3 Å². The molecule has 0 saturated carbocycles. The van der Waals surface area contributed by atoms with Gasteiger partial charge < -0.3 is 9.64 Å². The highest BCUT2D eigenvalue weighted by Crippen LogP contribution is 2.37. The number of hydrogen-bond donors (Lipinski definition) is 0. The van der Waals surface area contributed by atoms with E-state index in [4.69, 9.17) is 4.74 Å². The van der Waals surface area contributed by atoms with Gasteiger partial charge in [0.15, 0.2) is 0 Å². The lowest BCUT2D eigenvalue weighted by molar-refractivity contribution is 0.127.